The van der Waals surface area contributed by atoms with Crippen LogP contribution in [0.25, 0.3) is 11.3 Å². The summed E-state index contributed by atoms with van der Waals surface area (Å²) >= 11 is 0.900. The average molecular weight is 610 g/mol. The van der Waals surface area contributed by atoms with Gasteiger partial charge >= 0.3 is 14.2 Å². The predicted molar refractivity (Wildman–Crippen MR) is 130 cm³/mol. The SMILES string of the molecule is COc1cc(-c2c[nH]c(=O)c(Sc3ccc(OC(F)(F)F)cc3)n2)ccc1OCC1(OP(=O)(O)O)CC(F)(F)C1. The summed E-state index contributed by atoms with van der Waals surface area (Å²) in [4.78, 5) is 37.8. The van der Waals surface area contributed by atoms with E-state index in [9.17, 15) is 31.3 Å². The predicted octanol–water partition coefficient (Wildman–Crippen LogP) is 5.15. The van der Waals surface area contributed by atoms with E-state index >= 15 is 0 Å². The molecule has 216 valence electrons. The molecule has 0 spiro atoms. The first-order valence-corrected chi connectivity index (χ1v) is 13.5. The Labute approximate surface area is 226 Å². The van der Waals surface area contributed by atoms with Gasteiger partial charge in [-0.3, -0.25) is 9.32 Å². The first-order chi connectivity index (χ1) is 18.6. The number of alkyl halides is 5. The molecule has 17 heteroatoms. The molecule has 0 amide bonds. The van der Waals surface area contributed by atoms with E-state index in [4.69, 9.17) is 19.3 Å². The van der Waals surface area contributed by atoms with Gasteiger partial charge in [0.2, 0.25) is 0 Å². The summed E-state index contributed by atoms with van der Waals surface area (Å²) in [6, 6.07) is 9.25. The molecule has 0 aliphatic heterocycles. The maximum Gasteiger partial charge on any atom is 0.573 e. The van der Waals surface area contributed by atoms with Crippen molar-refractivity contribution in [2.75, 3.05) is 13.7 Å². The summed E-state index contributed by atoms with van der Waals surface area (Å²) in [7, 11) is -3.77. The number of halogens is 5. The van der Waals surface area contributed by atoms with Crippen LogP contribution < -0.4 is 19.8 Å². The number of hydrogen-bond acceptors (Lipinski definition) is 8. The fraction of sp³-hybridized carbons (Fsp3) is 0.304. The van der Waals surface area contributed by atoms with Crippen molar-refractivity contribution >= 4 is 19.6 Å². The van der Waals surface area contributed by atoms with Crippen LogP contribution in [-0.4, -0.2) is 51.4 Å². The van der Waals surface area contributed by atoms with Gasteiger partial charge in [0.1, 0.15) is 18.0 Å². The number of ether oxygens (including phenoxy) is 3. The van der Waals surface area contributed by atoms with Crippen LogP contribution >= 0.6 is 19.6 Å². The topological polar surface area (TPSA) is 140 Å². The lowest BCUT2D eigenvalue weighted by Gasteiger charge is -2.45. The third-order valence-corrected chi connectivity index (χ3v) is 7.06. The molecule has 0 atom stereocenters. The lowest BCUT2D eigenvalue weighted by Crippen LogP contribution is -2.56. The molecule has 1 fully saturated rings. The minimum atomic E-state index is -5.08. The van der Waals surface area contributed by atoms with Gasteiger partial charge in [-0.1, -0.05) is 11.8 Å². The fourth-order valence-corrected chi connectivity index (χ4v) is 5.40. The van der Waals surface area contributed by atoms with Crippen LogP contribution in [0.5, 0.6) is 17.2 Å². The van der Waals surface area contributed by atoms with E-state index in [0.29, 0.717) is 10.5 Å². The van der Waals surface area contributed by atoms with E-state index in [1.165, 1.54) is 43.6 Å². The second-order valence-electron chi connectivity index (χ2n) is 8.67. The van der Waals surface area contributed by atoms with Crippen molar-refractivity contribution < 1.29 is 55.0 Å². The van der Waals surface area contributed by atoms with Gasteiger partial charge in [-0.25, -0.2) is 18.3 Å². The van der Waals surface area contributed by atoms with E-state index < -0.39 is 56.5 Å². The van der Waals surface area contributed by atoms with Crippen molar-refractivity contribution in [1.29, 1.82) is 0 Å². The Balaban J connectivity index is 1.51. The van der Waals surface area contributed by atoms with Crippen molar-refractivity contribution in [2.45, 2.75) is 40.6 Å². The number of hydrogen-bond donors (Lipinski definition) is 3. The Morgan fingerprint density at radius 3 is 2.35 bits per heavy atom. The van der Waals surface area contributed by atoms with Crippen LogP contribution in [0, 0.1) is 0 Å². The fourth-order valence-electron chi connectivity index (χ4n) is 3.92. The van der Waals surface area contributed by atoms with Crippen LogP contribution in [-0.2, 0) is 9.09 Å². The molecule has 0 radical (unpaired) electrons. The summed E-state index contributed by atoms with van der Waals surface area (Å²) < 4.78 is 94.7. The maximum absolute atomic E-state index is 13.5. The van der Waals surface area contributed by atoms with Crippen LogP contribution in [0.2, 0.25) is 0 Å². The molecule has 4 rings (SSSR count). The van der Waals surface area contributed by atoms with Gasteiger partial charge in [0.05, 0.1) is 12.8 Å². The Kier molecular flexibility index (Phi) is 8.20. The number of methoxy groups -OCH3 is 1. The summed E-state index contributed by atoms with van der Waals surface area (Å²) in [6.07, 6.45) is -5.40. The third kappa shape index (κ3) is 7.73. The largest absolute Gasteiger partial charge is 0.573 e. The average Bonchev–Trinajstić information content (AvgIpc) is 2.82. The molecule has 10 nitrogen and oxygen atoms in total. The number of phosphoric acid groups is 1. The smallest absolute Gasteiger partial charge is 0.493 e. The van der Waals surface area contributed by atoms with E-state index in [1.807, 2.05) is 0 Å². The van der Waals surface area contributed by atoms with Crippen molar-refractivity contribution in [3.05, 3.63) is 59.0 Å². The van der Waals surface area contributed by atoms with Crippen molar-refractivity contribution in [3.8, 4) is 28.5 Å². The highest BCUT2D eigenvalue weighted by Gasteiger charge is 2.60. The van der Waals surface area contributed by atoms with Gasteiger partial charge in [0.25, 0.3) is 11.5 Å². The monoisotopic (exact) mass is 610 g/mol. The molecular formula is C23H20F5N2O8PS. The lowest BCUT2D eigenvalue weighted by molar-refractivity contribution is -0.274. The molecule has 3 aromatic rings. The minimum absolute atomic E-state index is 0.0104. The van der Waals surface area contributed by atoms with E-state index in [-0.39, 0.29) is 22.2 Å². The van der Waals surface area contributed by atoms with Crippen LogP contribution in [0.3, 0.4) is 0 Å². The molecule has 0 unspecified atom stereocenters. The number of aromatic amines is 1. The van der Waals surface area contributed by atoms with Gasteiger partial charge < -0.3 is 29.0 Å². The molecule has 1 aliphatic rings. The highest BCUT2D eigenvalue weighted by molar-refractivity contribution is 7.99. The summed E-state index contributed by atoms with van der Waals surface area (Å²) in [5.41, 5.74) is -1.73. The molecule has 1 heterocycles. The second-order valence-corrected chi connectivity index (χ2v) is 10.9. The number of H-pyrrole nitrogens is 1. The third-order valence-electron chi connectivity index (χ3n) is 5.45. The van der Waals surface area contributed by atoms with Crippen LogP contribution in [0.1, 0.15) is 12.8 Å². The summed E-state index contributed by atoms with van der Waals surface area (Å²) in [6.45, 7) is -0.589. The zero-order chi connectivity index (χ0) is 29.3. The first-order valence-electron chi connectivity index (χ1n) is 11.1. The number of nitrogens with zero attached hydrogens (tertiary/aromatic N) is 1. The first kappa shape index (κ1) is 29.8. The zero-order valence-electron chi connectivity index (χ0n) is 20.3. The summed E-state index contributed by atoms with van der Waals surface area (Å²) in [5, 5.41) is -0.0104. The second kappa shape index (κ2) is 11.0. The Morgan fingerprint density at radius 1 is 1.10 bits per heavy atom. The Bertz CT molecular complexity index is 1470. The summed E-state index contributed by atoms with van der Waals surface area (Å²) in [5.74, 6) is -3.39. The Hall–Kier alpha value is -3.17. The highest BCUT2D eigenvalue weighted by atomic mass is 32.2. The lowest BCUT2D eigenvalue weighted by atomic mass is 9.77. The molecule has 0 bridgehead atoms. The molecule has 2 aromatic carbocycles. The molecule has 1 aromatic heterocycles. The molecule has 3 N–H and O–H groups in total. The normalized spacial score (nSPS) is 16.2. The highest BCUT2D eigenvalue weighted by Crippen LogP contribution is 2.55. The Morgan fingerprint density at radius 2 is 1.77 bits per heavy atom. The quantitative estimate of drug-likeness (QED) is 0.209. The van der Waals surface area contributed by atoms with Gasteiger partial charge in [-0.2, -0.15) is 0 Å². The number of phosphoric ester groups is 1. The van der Waals surface area contributed by atoms with Crippen molar-refractivity contribution in [3.63, 3.8) is 0 Å². The van der Waals surface area contributed by atoms with E-state index in [1.54, 1.807) is 0 Å². The molecule has 1 aliphatic carbocycles. The van der Waals surface area contributed by atoms with Gasteiger partial charge in [0.15, 0.2) is 16.5 Å². The number of nitrogens with one attached hydrogen (secondary N) is 1. The molecule has 40 heavy (non-hydrogen) atoms. The van der Waals surface area contributed by atoms with Crippen LogP contribution in [0.4, 0.5) is 22.0 Å². The molecule has 0 saturated heterocycles. The molecular weight excluding hydrogens is 590 g/mol. The number of aromatic nitrogens is 2. The maximum atomic E-state index is 13.5. The van der Waals surface area contributed by atoms with Gasteiger partial charge in [-0.05, 0) is 42.5 Å². The van der Waals surface area contributed by atoms with Gasteiger partial charge in [-0.15, -0.1) is 13.2 Å². The van der Waals surface area contributed by atoms with Crippen molar-refractivity contribution in [2.24, 2.45) is 0 Å². The van der Waals surface area contributed by atoms with Crippen LogP contribution in [0.15, 0.2) is 63.4 Å². The van der Waals surface area contributed by atoms with Crippen molar-refractivity contribution in [1.82, 2.24) is 9.97 Å². The van der Waals surface area contributed by atoms with Gasteiger partial charge in [0, 0.05) is 29.5 Å². The molecule has 1 saturated carbocycles. The number of rotatable bonds is 10. The zero-order valence-corrected chi connectivity index (χ0v) is 22.0. The number of benzene rings is 2. The van der Waals surface area contributed by atoms with E-state index in [0.717, 1.165) is 23.9 Å². The van der Waals surface area contributed by atoms with E-state index in [2.05, 4.69) is 19.2 Å². The standard InChI is InChI=1S/C23H20F5N2O8PS/c1-35-18-8-13(2-7-17(18)36-12-21(38-39(32,33)34)10-22(24,25)11-21)16-9-29-19(31)20(30-16)40-15-5-3-14(4-6-15)37-23(26,27)28/h2-9H,10-12H2,1H3,(H,29,31)(H2,32,33,34). The minimum Gasteiger partial charge on any atom is -0.493 e.